The van der Waals surface area contributed by atoms with E-state index in [9.17, 15) is 0 Å². The van der Waals surface area contributed by atoms with Crippen LogP contribution in [0.1, 0.15) is 36.0 Å². The lowest BCUT2D eigenvalue weighted by Gasteiger charge is -2.25. The van der Waals surface area contributed by atoms with Crippen LogP contribution >= 0.6 is 12.2 Å². The van der Waals surface area contributed by atoms with E-state index < -0.39 is 0 Å². The van der Waals surface area contributed by atoms with Gasteiger partial charge in [-0.05, 0) is 43.4 Å². The number of aryl methyl sites for hydroxylation is 1. The second-order valence-corrected chi connectivity index (χ2v) is 4.81. The average Bonchev–Trinajstić information content (AvgIpc) is 2.17. The second kappa shape index (κ2) is 4.93. The molecule has 0 radical (unpaired) electrons. The molecule has 0 spiro atoms. The monoisotopic (exact) mass is 235 g/mol. The Bertz CT molecular complexity index is 399. The van der Waals surface area contributed by atoms with Crippen LogP contribution in [0.25, 0.3) is 0 Å². The largest absolute Gasteiger partial charge is 0.389 e. The first-order valence-electron chi connectivity index (χ1n) is 5.68. The van der Waals surface area contributed by atoms with Gasteiger partial charge in [-0.1, -0.05) is 24.4 Å². The van der Waals surface area contributed by atoms with E-state index >= 15 is 0 Å². The van der Waals surface area contributed by atoms with Gasteiger partial charge in [0, 0.05) is 5.56 Å². The molecule has 1 aliphatic carbocycles. The first-order valence-corrected chi connectivity index (χ1v) is 6.08. The fourth-order valence-corrected chi connectivity index (χ4v) is 1.88. The minimum Gasteiger partial charge on any atom is -0.389 e. The summed E-state index contributed by atoms with van der Waals surface area (Å²) in [5.74, 6) is 0. The SMILES string of the molecule is Cc1cc(C(N)=S)ccc1COC1CCC1. The van der Waals surface area contributed by atoms with Gasteiger partial charge >= 0.3 is 0 Å². The van der Waals surface area contributed by atoms with E-state index in [2.05, 4.69) is 13.0 Å². The van der Waals surface area contributed by atoms with Crippen molar-refractivity contribution in [2.24, 2.45) is 5.73 Å². The van der Waals surface area contributed by atoms with Crippen molar-refractivity contribution in [1.82, 2.24) is 0 Å². The molecular formula is C13H17NOS. The third kappa shape index (κ3) is 2.60. The number of benzene rings is 1. The first kappa shape index (κ1) is 11.6. The van der Waals surface area contributed by atoms with Gasteiger partial charge in [-0.2, -0.15) is 0 Å². The van der Waals surface area contributed by atoms with E-state index in [1.807, 2.05) is 12.1 Å². The molecule has 0 heterocycles. The van der Waals surface area contributed by atoms with Crippen molar-refractivity contribution < 1.29 is 4.74 Å². The van der Waals surface area contributed by atoms with Gasteiger partial charge in [0.2, 0.25) is 0 Å². The summed E-state index contributed by atoms with van der Waals surface area (Å²) in [5.41, 5.74) is 8.94. The maximum absolute atomic E-state index is 5.78. The molecule has 2 nitrogen and oxygen atoms in total. The normalized spacial score (nSPS) is 15.8. The number of rotatable bonds is 4. The number of hydrogen-bond acceptors (Lipinski definition) is 2. The summed E-state index contributed by atoms with van der Waals surface area (Å²) in [7, 11) is 0. The van der Waals surface area contributed by atoms with Crippen molar-refractivity contribution in [2.75, 3.05) is 0 Å². The molecule has 1 fully saturated rings. The Hall–Kier alpha value is -0.930. The number of hydrogen-bond donors (Lipinski definition) is 1. The van der Waals surface area contributed by atoms with Crippen molar-refractivity contribution in [1.29, 1.82) is 0 Å². The molecule has 0 unspecified atom stereocenters. The highest BCUT2D eigenvalue weighted by molar-refractivity contribution is 7.80. The molecule has 0 atom stereocenters. The predicted octanol–water partition coefficient (Wildman–Crippen LogP) is 2.70. The van der Waals surface area contributed by atoms with Crippen LogP contribution in [0.4, 0.5) is 0 Å². The Morgan fingerprint density at radius 1 is 1.50 bits per heavy atom. The Morgan fingerprint density at radius 2 is 2.25 bits per heavy atom. The molecule has 2 rings (SSSR count). The third-order valence-corrected chi connectivity index (χ3v) is 3.39. The maximum atomic E-state index is 5.78. The average molecular weight is 235 g/mol. The third-order valence-electron chi connectivity index (χ3n) is 3.15. The van der Waals surface area contributed by atoms with E-state index in [-0.39, 0.29) is 0 Å². The second-order valence-electron chi connectivity index (χ2n) is 4.37. The summed E-state index contributed by atoms with van der Waals surface area (Å²) in [6.45, 7) is 2.77. The van der Waals surface area contributed by atoms with Crippen molar-refractivity contribution in [3.8, 4) is 0 Å². The van der Waals surface area contributed by atoms with Crippen molar-refractivity contribution in [3.63, 3.8) is 0 Å². The molecule has 0 aliphatic heterocycles. The fourth-order valence-electron chi connectivity index (χ4n) is 1.76. The lowest BCUT2D eigenvalue weighted by Crippen LogP contribution is -2.21. The zero-order chi connectivity index (χ0) is 11.5. The molecule has 0 saturated heterocycles. The Kier molecular flexibility index (Phi) is 3.56. The Morgan fingerprint density at radius 3 is 2.75 bits per heavy atom. The lowest BCUT2D eigenvalue weighted by molar-refractivity contribution is -0.00885. The molecule has 0 bridgehead atoms. The van der Waals surface area contributed by atoms with E-state index in [1.165, 1.54) is 30.4 Å². The summed E-state index contributed by atoms with van der Waals surface area (Å²) < 4.78 is 5.78. The summed E-state index contributed by atoms with van der Waals surface area (Å²) in [6, 6.07) is 6.05. The summed E-state index contributed by atoms with van der Waals surface area (Å²) >= 11 is 4.95. The fraction of sp³-hybridized carbons (Fsp3) is 0.462. The lowest BCUT2D eigenvalue weighted by atomic mass is 9.96. The van der Waals surface area contributed by atoms with Crippen molar-refractivity contribution >= 4 is 17.2 Å². The smallest absolute Gasteiger partial charge is 0.103 e. The number of nitrogens with two attached hydrogens (primary N) is 1. The molecular weight excluding hydrogens is 218 g/mol. The van der Waals surface area contributed by atoms with Crippen molar-refractivity contribution in [3.05, 3.63) is 34.9 Å². The molecule has 2 N–H and O–H groups in total. The highest BCUT2D eigenvalue weighted by atomic mass is 32.1. The molecule has 1 aromatic carbocycles. The Labute approximate surface area is 102 Å². The standard InChI is InChI=1S/C13H17NOS/c1-9-7-10(13(14)16)5-6-11(9)8-15-12-3-2-4-12/h5-7,12H,2-4,8H2,1H3,(H2,14,16). The van der Waals surface area contributed by atoms with Crippen LogP contribution in [0.15, 0.2) is 18.2 Å². The van der Waals surface area contributed by atoms with Crippen LogP contribution in [0, 0.1) is 6.92 Å². The van der Waals surface area contributed by atoms with Gasteiger partial charge < -0.3 is 10.5 Å². The minimum absolute atomic E-state index is 0.453. The molecule has 1 aromatic rings. The topological polar surface area (TPSA) is 35.2 Å². The van der Waals surface area contributed by atoms with Gasteiger partial charge in [0.15, 0.2) is 0 Å². The Balaban J connectivity index is 2.00. The van der Waals surface area contributed by atoms with Gasteiger partial charge in [0.25, 0.3) is 0 Å². The first-order chi connectivity index (χ1) is 7.66. The van der Waals surface area contributed by atoms with Crippen molar-refractivity contribution in [2.45, 2.75) is 38.9 Å². The van der Waals surface area contributed by atoms with Crippen LogP contribution in [0.3, 0.4) is 0 Å². The molecule has 0 amide bonds. The van der Waals surface area contributed by atoms with Crippen LogP contribution in [-0.4, -0.2) is 11.1 Å². The van der Waals surface area contributed by atoms with Crippen LogP contribution < -0.4 is 5.73 Å². The van der Waals surface area contributed by atoms with Crippen LogP contribution in [0.5, 0.6) is 0 Å². The summed E-state index contributed by atoms with van der Waals surface area (Å²) in [4.78, 5) is 0.453. The highest BCUT2D eigenvalue weighted by Crippen LogP contribution is 2.23. The predicted molar refractivity (Wildman–Crippen MR) is 69.5 cm³/mol. The molecule has 0 aromatic heterocycles. The summed E-state index contributed by atoms with van der Waals surface area (Å²) in [6.07, 6.45) is 4.22. The highest BCUT2D eigenvalue weighted by Gasteiger charge is 2.17. The molecule has 86 valence electrons. The van der Waals surface area contributed by atoms with E-state index in [0.717, 1.165) is 5.56 Å². The quantitative estimate of drug-likeness (QED) is 0.815. The van der Waals surface area contributed by atoms with E-state index in [1.54, 1.807) is 0 Å². The zero-order valence-electron chi connectivity index (χ0n) is 9.53. The molecule has 1 saturated carbocycles. The van der Waals surface area contributed by atoms with Gasteiger partial charge in [-0.15, -0.1) is 0 Å². The van der Waals surface area contributed by atoms with Gasteiger partial charge in [-0.25, -0.2) is 0 Å². The van der Waals surface area contributed by atoms with Gasteiger partial charge in [0.05, 0.1) is 12.7 Å². The van der Waals surface area contributed by atoms with Gasteiger partial charge in [-0.3, -0.25) is 0 Å². The van der Waals surface area contributed by atoms with Gasteiger partial charge in [0.1, 0.15) is 4.99 Å². The van der Waals surface area contributed by atoms with Crippen LogP contribution in [-0.2, 0) is 11.3 Å². The van der Waals surface area contributed by atoms with E-state index in [0.29, 0.717) is 17.7 Å². The van der Waals surface area contributed by atoms with Crippen LogP contribution in [0.2, 0.25) is 0 Å². The number of thiocarbonyl (C=S) groups is 1. The van der Waals surface area contributed by atoms with E-state index in [4.69, 9.17) is 22.7 Å². The molecule has 3 heteroatoms. The summed E-state index contributed by atoms with van der Waals surface area (Å²) in [5, 5.41) is 0. The molecule has 1 aliphatic rings. The maximum Gasteiger partial charge on any atom is 0.103 e. The molecule has 16 heavy (non-hydrogen) atoms. The number of ether oxygens (including phenoxy) is 1. The minimum atomic E-state index is 0.453. The zero-order valence-corrected chi connectivity index (χ0v) is 10.3.